The quantitative estimate of drug-likeness (QED) is 0.568. The Morgan fingerprint density at radius 1 is 1.35 bits per heavy atom. The minimum atomic E-state index is -3.37. The second-order valence-electron chi connectivity index (χ2n) is 10.3. The van der Waals surface area contributed by atoms with E-state index in [1.807, 2.05) is 0 Å². The number of hydrogen-bond donors (Lipinski definition) is 1. The summed E-state index contributed by atoms with van der Waals surface area (Å²) in [5, 5.41) is 11.4. The summed E-state index contributed by atoms with van der Waals surface area (Å²) >= 11 is 0. The van der Waals surface area contributed by atoms with E-state index in [0.717, 1.165) is 6.26 Å². The number of dihydropyridines is 1. The van der Waals surface area contributed by atoms with Gasteiger partial charge in [0.2, 0.25) is 0 Å². The maximum atomic E-state index is 12.8. The molecule has 0 aliphatic carbocycles. The molecule has 2 fully saturated rings. The molecule has 37 heavy (non-hydrogen) atoms. The summed E-state index contributed by atoms with van der Waals surface area (Å²) in [5.41, 5.74) is 2.67. The molecule has 3 aliphatic rings. The maximum absolute atomic E-state index is 12.8. The van der Waals surface area contributed by atoms with Crippen LogP contribution < -0.4 is 5.43 Å². The third kappa shape index (κ3) is 5.57. The predicted octanol–water partition coefficient (Wildman–Crippen LogP) is 2.22. The van der Waals surface area contributed by atoms with Crippen LogP contribution in [0.3, 0.4) is 0 Å². The molecule has 196 valence electrons. The number of esters is 1. The molecule has 0 radical (unpaired) electrons. The first-order chi connectivity index (χ1) is 17.3. The first kappa shape index (κ1) is 26.5. The van der Waals surface area contributed by atoms with Crippen LogP contribution >= 0.6 is 0 Å². The van der Waals surface area contributed by atoms with Crippen molar-refractivity contribution in [2.45, 2.75) is 62.2 Å². The Bertz CT molecular complexity index is 1330. The number of amides is 1. The Labute approximate surface area is 215 Å². The van der Waals surface area contributed by atoms with Gasteiger partial charge in [-0.05, 0) is 64.0 Å². The van der Waals surface area contributed by atoms with Gasteiger partial charge in [-0.25, -0.2) is 23.2 Å². The lowest BCUT2D eigenvalue weighted by atomic mass is 9.85. The number of nitrogens with one attached hydrogen (secondary N) is 1. The lowest BCUT2D eigenvalue weighted by molar-refractivity contribution is -0.178. The van der Waals surface area contributed by atoms with Crippen LogP contribution in [0.2, 0.25) is 0 Å². The molecule has 12 heteroatoms. The van der Waals surface area contributed by atoms with Crippen LogP contribution in [0.4, 0.5) is 5.69 Å². The lowest BCUT2D eigenvalue weighted by Gasteiger charge is -2.45. The fourth-order valence-electron chi connectivity index (χ4n) is 4.48. The minimum Gasteiger partial charge on any atom is -0.458 e. The van der Waals surface area contributed by atoms with Gasteiger partial charge >= 0.3 is 5.97 Å². The fraction of sp³-hybridized carbons (Fsp3) is 0.480. The molecule has 4 rings (SSSR count). The second kappa shape index (κ2) is 9.72. The van der Waals surface area contributed by atoms with Gasteiger partial charge in [0, 0.05) is 12.5 Å². The largest absolute Gasteiger partial charge is 0.458 e. The smallest absolute Gasteiger partial charge is 0.335 e. The van der Waals surface area contributed by atoms with E-state index < -0.39 is 44.9 Å². The first-order valence-electron chi connectivity index (χ1n) is 11.8. The van der Waals surface area contributed by atoms with Gasteiger partial charge in [-0.15, -0.1) is 0 Å². The highest BCUT2D eigenvalue weighted by molar-refractivity contribution is 7.90. The Hall–Kier alpha value is -3.56. The number of carbonyl (C=O) groups is 2. The number of ether oxygens (including phenoxy) is 2. The highest BCUT2D eigenvalue weighted by atomic mass is 32.2. The summed E-state index contributed by atoms with van der Waals surface area (Å²) in [6.45, 7) is 5.40. The van der Waals surface area contributed by atoms with Gasteiger partial charge < -0.3 is 9.47 Å². The SMILES string of the molecule is CC(C)(C)OC(=O)[C@@H]1CC[C@](CC#N)(N2NC(=Nc3ccc(S(C)(=O)=O)cc3)C3C(=O)N=CC=C32)CO1. The molecule has 0 aromatic heterocycles. The van der Waals surface area contributed by atoms with E-state index in [1.165, 1.54) is 18.3 Å². The number of carbonyl (C=O) groups excluding carboxylic acids is 2. The fourth-order valence-corrected chi connectivity index (χ4v) is 5.11. The van der Waals surface area contributed by atoms with Gasteiger partial charge in [-0.1, -0.05) is 0 Å². The predicted molar refractivity (Wildman–Crippen MR) is 134 cm³/mol. The molecule has 3 aliphatic heterocycles. The summed E-state index contributed by atoms with van der Waals surface area (Å²) in [5.74, 6) is -1.40. The van der Waals surface area contributed by atoms with Gasteiger partial charge in [-0.3, -0.25) is 15.2 Å². The molecule has 3 heterocycles. The Balaban J connectivity index is 1.63. The standard InChI is InChI=1S/C25H29N5O6S/c1-24(2,3)36-23(32)19-9-11-25(12-13-26,15-35-19)30-18-10-14-27-22(31)20(18)21(29-30)28-16-5-7-17(8-6-16)37(4,33)34/h5-8,10,14,19-20H,9,11-12,15H2,1-4H3,(H,28,29)/t19-,20?,25+/m0/s1. The zero-order valence-corrected chi connectivity index (χ0v) is 21.9. The Morgan fingerprint density at radius 3 is 2.62 bits per heavy atom. The molecule has 1 amide bonds. The summed E-state index contributed by atoms with van der Waals surface area (Å²) in [6, 6.07) is 8.20. The van der Waals surface area contributed by atoms with Gasteiger partial charge in [0.05, 0.1) is 40.9 Å². The van der Waals surface area contributed by atoms with Crippen molar-refractivity contribution < 1.29 is 27.5 Å². The average Bonchev–Trinajstić information content (AvgIpc) is 3.18. The molecule has 1 aromatic carbocycles. The molecule has 0 saturated carbocycles. The van der Waals surface area contributed by atoms with Gasteiger partial charge in [-0.2, -0.15) is 5.26 Å². The second-order valence-corrected chi connectivity index (χ2v) is 12.3. The number of allylic oxidation sites excluding steroid dienone is 1. The molecule has 2 saturated heterocycles. The number of rotatable bonds is 5. The van der Waals surface area contributed by atoms with Gasteiger partial charge in [0.25, 0.3) is 5.91 Å². The average molecular weight is 528 g/mol. The van der Waals surface area contributed by atoms with E-state index >= 15 is 0 Å². The van der Waals surface area contributed by atoms with Crippen LogP contribution in [0.15, 0.2) is 50.9 Å². The summed E-state index contributed by atoms with van der Waals surface area (Å²) in [4.78, 5) is 34.0. The van der Waals surface area contributed by atoms with E-state index in [-0.39, 0.29) is 17.9 Å². The first-order valence-corrected chi connectivity index (χ1v) is 13.7. The number of fused-ring (bicyclic) bond motifs is 1. The van der Waals surface area contributed by atoms with Crippen molar-refractivity contribution in [3.05, 3.63) is 36.0 Å². The van der Waals surface area contributed by atoms with Crippen LogP contribution in [0.5, 0.6) is 0 Å². The van der Waals surface area contributed by atoms with Crippen molar-refractivity contribution in [2.75, 3.05) is 12.9 Å². The third-order valence-corrected chi connectivity index (χ3v) is 7.37. The summed E-state index contributed by atoms with van der Waals surface area (Å²) in [6.07, 6.45) is 4.26. The van der Waals surface area contributed by atoms with E-state index in [0.29, 0.717) is 30.1 Å². The van der Waals surface area contributed by atoms with E-state index in [2.05, 4.69) is 21.5 Å². The van der Waals surface area contributed by atoms with Crippen molar-refractivity contribution in [3.8, 4) is 6.07 Å². The number of hydrogen-bond acceptors (Lipinski definition) is 9. The topological polar surface area (TPSA) is 151 Å². The Morgan fingerprint density at radius 2 is 2.05 bits per heavy atom. The van der Waals surface area contributed by atoms with Crippen molar-refractivity contribution in [1.29, 1.82) is 5.26 Å². The number of amidine groups is 1. The highest BCUT2D eigenvalue weighted by Gasteiger charge is 2.51. The molecule has 3 atom stereocenters. The van der Waals surface area contributed by atoms with Gasteiger partial charge in [0.1, 0.15) is 17.4 Å². The summed E-state index contributed by atoms with van der Waals surface area (Å²) < 4.78 is 34.9. The maximum Gasteiger partial charge on any atom is 0.335 e. The van der Waals surface area contributed by atoms with Crippen LogP contribution in [-0.2, 0) is 28.9 Å². The number of hydrazine groups is 1. The monoisotopic (exact) mass is 527 g/mol. The molecule has 0 bridgehead atoms. The molecular formula is C25H29N5O6S. The molecule has 11 nitrogen and oxygen atoms in total. The lowest BCUT2D eigenvalue weighted by Crippen LogP contribution is -2.58. The van der Waals surface area contributed by atoms with Gasteiger partial charge in [0.15, 0.2) is 15.9 Å². The minimum absolute atomic E-state index is 0.0448. The van der Waals surface area contributed by atoms with Crippen molar-refractivity contribution in [1.82, 2.24) is 10.4 Å². The van der Waals surface area contributed by atoms with Crippen LogP contribution in [-0.4, -0.2) is 67.5 Å². The zero-order valence-electron chi connectivity index (χ0n) is 21.1. The number of benzene rings is 1. The zero-order chi connectivity index (χ0) is 27.0. The van der Waals surface area contributed by atoms with E-state index in [4.69, 9.17) is 9.47 Å². The number of nitrogens with zero attached hydrogens (tertiary/aromatic N) is 4. The van der Waals surface area contributed by atoms with E-state index in [1.54, 1.807) is 44.0 Å². The van der Waals surface area contributed by atoms with Crippen molar-refractivity contribution in [3.63, 3.8) is 0 Å². The molecule has 1 N–H and O–H groups in total. The highest BCUT2D eigenvalue weighted by Crippen LogP contribution is 2.40. The molecule has 0 spiro atoms. The van der Waals surface area contributed by atoms with Crippen LogP contribution in [0.25, 0.3) is 0 Å². The molecular weight excluding hydrogens is 498 g/mol. The third-order valence-electron chi connectivity index (χ3n) is 6.24. The number of nitriles is 1. The molecule has 1 unspecified atom stereocenters. The number of sulfone groups is 1. The summed E-state index contributed by atoms with van der Waals surface area (Å²) in [7, 11) is -3.37. The molecule has 1 aromatic rings. The van der Waals surface area contributed by atoms with Crippen LogP contribution in [0, 0.1) is 17.2 Å². The van der Waals surface area contributed by atoms with Crippen LogP contribution in [0.1, 0.15) is 40.0 Å². The normalized spacial score (nSPS) is 26.8. The number of aliphatic imine (C=N–C) groups is 2. The van der Waals surface area contributed by atoms with Crippen molar-refractivity contribution >= 4 is 39.5 Å². The van der Waals surface area contributed by atoms with E-state index in [9.17, 15) is 23.3 Å². The Kier molecular flexibility index (Phi) is 6.96. The van der Waals surface area contributed by atoms with Crippen molar-refractivity contribution in [2.24, 2.45) is 15.9 Å².